The van der Waals surface area contributed by atoms with Gasteiger partial charge in [0.25, 0.3) is 0 Å². The Morgan fingerprint density at radius 3 is 2.78 bits per heavy atom. The summed E-state index contributed by atoms with van der Waals surface area (Å²) in [5.74, 6) is 1.79. The molecule has 0 bridgehead atoms. The highest BCUT2D eigenvalue weighted by Crippen LogP contribution is 2.25. The number of aromatic nitrogens is 2. The summed E-state index contributed by atoms with van der Waals surface area (Å²) in [7, 11) is 0. The summed E-state index contributed by atoms with van der Waals surface area (Å²) in [6.45, 7) is 5.00. The quantitative estimate of drug-likeness (QED) is 0.880. The second kappa shape index (κ2) is 4.53. The summed E-state index contributed by atoms with van der Waals surface area (Å²) in [6, 6.07) is 8.62. The molecular formula is C14H17N3O. The molecule has 4 nitrogen and oxygen atoms in total. The van der Waals surface area contributed by atoms with Gasteiger partial charge in [-0.3, -0.25) is 0 Å². The molecule has 0 unspecified atom stereocenters. The summed E-state index contributed by atoms with van der Waals surface area (Å²) in [5, 5.41) is 7.47. The molecule has 1 atom stereocenters. The number of nitrogens with one attached hydrogen (secondary N) is 1. The summed E-state index contributed by atoms with van der Waals surface area (Å²) in [5.41, 5.74) is 2.72. The van der Waals surface area contributed by atoms with E-state index < -0.39 is 0 Å². The third-order valence-corrected chi connectivity index (χ3v) is 3.35. The molecule has 0 amide bonds. The van der Waals surface area contributed by atoms with E-state index in [1.807, 2.05) is 0 Å². The fraction of sp³-hybridized carbons (Fsp3) is 0.429. The lowest BCUT2D eigenvalue weighted by atomic mass is 9.96. The molecule has 0 saturated carbocycles. The number of fused-ring (bicyclic) bond motifs is 1. The van der Waals surface area contributed by atoms with Gasteiger partial charge in [0.15, 0.2) is 5.82 Å². The Kier molecular flexibility index (Phi) is 2.88. The smallest absolute Gasteiger partial charge is 0.244 e. The zero-order valence-electron chi connectivity index (χ0n) is 10.7. The first-order valence-electron chi connectivity index (χ1n) is 6.37. The third kappa shape index (κ3) is 2.04. The lowest BCUT2D eigenvalue weighted by molar-refractivity contribution is 0.318. The molecule has 94 valence electrons. The Bertz CT molecular complexity index is 547. The molecule has 3 rings (SSSR count). The molecule has 2 aromatic rings. The van der Waals surface area contributed by atoms with Crippen molar-refractivity contribution < 1.29 is 4.52 Å². The molecule has 0 radical (unpaired) electrons. The number of rotatable bonds is 2. The number of hydrogen-bond donors (Lipinski definition) is 1. The molecule has 0 saturated heterocycles. The van der Waals surface area contributed by atoms with Crippen molar-refractivity contribution in [3.05, 3.63) is 47.1 Å². The van der Waals surface area contributed by atoms with Crippen LogP contribution >= 0.6 is 0 Å². The van der Waals surface area contributed by atoms with Gasteiger partial charge in [-0.1, -0.05) is 43.3 Å². The zero-order chi connectivity index (χ0) is 12.5. The van der Waals surface area contributed by atoms with Gasteiger partial charge in [-0.25, -0.2) is 0 Å². The molecular weight excluding hydrogens is 226 g/mol. The molecule has 18 heavy (non-hydrogen) atoms. The summed E-state index contributed by atoms with van der Waals surface area (Å²) < 4.78 is 5.36. The van der Waals surface area contributed by atoms with E-state index in [1.165, 1.54) is 11.1 Å². The Balaban J connectivity index is 1.83. The number of hydrogen-bond acceptors (Lipinski definition) is 4. The van der Waals surface area contributed by atoms with Gasteiger partial charge in [0, 0.05) is 12.5 Å². The Labute approximate surface area is 106 Å². The minimum Gasteiger partial charge on any atom is -0.338 e. The van der Waals surface area contributed by atoms with Gasteiger partial charge in [-0.05, 0) is 17.5 Å². The van der Waals surface area contributed by atoms with Crippen molar-refractivity contribution >= 4 is 0 Å². The van der Waals surface area contributed by atoms with Crippen LogP contribution in [-0.2, 0) is 13.0 Å². The summed E-state index contributed by atoms with van der Waals surface area (Å²) in [6.07, 6.45) is 0.913. The largest absolute Gasteiger partial charge is 0.338 e. The Hall–Kier alpha value is -1.68. The van der Waals surface area contributed by atoms with Gasteiger partial charge in [-0.15, -0.1) is 0 Å². The fourth-order valence-electron chi connectivity index (χ4n) is 2.25. The first-order chi connectivity index (χ1) is 8.74. The molecule has 1 aromatic carbocycles. The molecule has 4 heteroatoms. The maximum absolute atomic E-state index is 5.36. The fourth-order valence-corrected chi connectivity index (χ4v) is 2.25. The number of nitrogens with zero attached hydrogens (tertiary/aromatic N) is 2. The van der Waals surface area contributed by atoms with Crippen molar-refractivity contribution in [2.24, 2.45) is 0 Å². The molecule has 0 fully saturated rings. The lowest BCUT2D eigenvalue weighted by Crippen LogP contribution is -2.28. The van der Waals surface area contributed by atoms with Crippen LogP contribution in [0.5, 0.6) is 0 Å². The predicted octanol–water partition coefficient (Wildman–Crippen LogP) is 2.58. The van der Waals surface area contributed by atoms with Crippen molar-refractivity contribution in [3.8, 4) is 0 Å². The summed E-state index contributed by atoms with van der Waals surface area (Å²) in [4.78, 5) is 4.47. The molecule has 1 N–H and O–H groups in total. The van der Waals surface area contributed by atoms with E-state index in [1.54, 1.807) is 0 Å². The SMILES string of the molecule is CC(C)c1noc([C@H]2Cc3ccccc3CN2)n1. The van der Waals surface area contributed by atoms with E-state index >= 15 is 0 Å². The minimum absolute atomic E-state index is 0.139. The average Bonchev–Trinajstić information content (AvgIpc) is 2.88. The van der Waals surface area contributed by atoms with E-state index in [0.29, 0.717) is 11.8 Å². The van der Waals surface area contributed by atoms with Crippen LogP contribution in [0, 0.1) is 0 Å². The van der Waals surface area contributed by atoms with E-state index in [4.69, 9.17) is 4.52 Å². The highest BCUT2D eigenvalue weighted by Gasteiger charge is 2.24. The first-order valence-corrected chi connectivity index (χ1v) is 6.37. The van der Waals surface area contributed by atoms with E-state index in [-0.39, 0.29) is 6.04 Å². The second-order valence-corrected chi connectivity index (χ2v) is 5.05. The van der Waals surface area contributed by atoms with E-state index in [2.05, 4.69) is 53.6 Å². The van der Waals surface area contributed by atoms with Crippen molar-refractivity contribution in [2.75, 3.05) is 0 Å². The van der Waals surface area contributed by atoms with Crippen LogP contribution in [0.25, 0.3) is 0 Å². The lowest BCUT2D eigenvalue weighted by Gasteiger charge is -2.23. The van der Waals surface area contributed by atoms with Crippen molar-refractivity contribution in [2.45, 2.75) is 38.8 Å². The van der Waals surface area contributed by atoms with Crippen LogP contribution < -0.4 is 5.32 Å². The van der Waals surface area contributed by atoms with Gasteiger partial charge >= 0.3 is 0 Å². The molecule has 2 heterocycles. The normalized spacial score (nSPS) is 18.9. The van der Waals surface area contributed by atoms with Crippen LogP contribution in [0.15, 0.2) is 28.8 Å². The summed E-state index contributed by atoms with van der Waals surface area (Å²) >= 11 is 0. The van der Waals surface area contributed by atoms with E-state index in [9.17, 15) is 0 Å². The van der Waals surface area contributed by atoms with Gasteiger partial charge < -0.3 is 9.84 Å². The van der Waals surface area contributed by atoms with Crippen LogP contribution in [0.1, 0.15) is 48.6 Å². The van der Waals surface area contributed by atoms with Gasteiger partial charge in [-0.2, -0.15) is 4.98 Å². The van der Waals surface area contributed by atoms with Crippen LogP contribution in [-0.4, -0.2) is 10.1 Å². The molecule has 1 aromatic heterocycles. The average molecular weight is 243 g/mol. The van der Waals surface area contributed by atoms with Crippen molar-refractivity contribution in [1.82, 2.24) is 15.5 Å². The highest BCUT2D eigenvalue weighted by molar-refractivity contribution is 5.30. The van der Waals surface area contributed by atoms with Crippen LogP contribution in [0.4, 0.5) is 0 Å². The first kappa shape index (κ1) is 11.4. The monoisotopic (exact) mass is 243 g/mol. The van der Waals surface area contributed by atoms with Crippen molar-refractivity contribution in [3.63, 3.8) is 0 Å². The molecule has 0 spiro atoms. The van der Waals surface area contributed by atoms with Gasteiger partial charge in [0.2, 0.25) is 5.89 Å². The van der Waals surface area contributed by atoms with Crippen molar-refractivity contribution in [1.29, 1.82) is 0 Å². The van der Waals surface area contributed by atoms with Crippen LogP contribution in [0.2, 0.25) is 0 Å². The maximum Gasteiger partial charge on any atom is 0.244 e. The maximum atomic E-state index is 5.36. The molecule has 1 aliphatic rings. The number of benzene rings is 1. The van der Waals surface area contributed by atoms with Gasteiger partial charge in [0.05, 0.1) is 6.04 Å². The second-order valence-electron chi connectivity index (χ2n) is 5.05. The topological polar surface area (TPSA) is 51.0 Å². The minimum atomic E-state index is 0.139. The molecule has 1 aliphatic heterocycles. The third-order valence-electron chi connectivity index (χ3n) is 3.35. The van der Waals surface area contributed by atoms with Crippen LogP contribution in [0.3, 0.4) is 0 Å². The van der Waals surface area contributed by atoms with Gasteiger partial charge in [0.1, 0.15) is 0 Å². The predicted molar refractivity (Wildman–Crippen MR) is 68.1 cm³/mol. The zero-order valence-corrected chi connectivity index (χ0v) is 10.7. The van der Waals surface area contributed by atoms with E-state index in [0.717, 1.165) is 18.8 Å². The molecule has 0 aliphatic carbocycles. The highest BCUT2D eigenvalue weighted by atomic mass is 16.5. The standard InChI is InChI=1S/C14H17N3O/c1-9(2)13-16-14(18-17-13)12-7-10-5-3-4-6-11(10)8-15-12/h3-6,9,12,15H,7-8H2,1-2H3/t12-/m1/s1. The Morgan fingerprint density at radius 2 is 2.06 bits per heavy atom. The Morgan fingerprint density at radius 1 is 1.28 bits per heavy atom.